The zero-order chi connectivity index (χ0) is 8.97. The van der Waals surface area contributed by atoms with Crippen LogP contribution < -0.4 is 0 Å². The van der Waals surface area contributed by atoms with E-state index in [9.17, 15) is 0 Å². The van der Waals surface area contributed by atoms with Crippen LogP contribution in [0.3, 0.4) is 0 Å². The topological polar surface area (TPSA) is 18.5 Å². The minimum absolute atomic E-state index is 0.0659. The Bertz CT molecular complexity index is 117. The largest absolute Gasteiger partial charge is 0.353 e. The first-order valence-electron chi connectivity index (χ1n) is 4.97. The second kappa shape index (κ2) is 4.83. The molecule has 2 heteroatoms. The molecule has 0 radical (unpaired) electrons. The Morgan fingerprint density at radius 1 is 1.25 bits per heavy atom. The van der Waals surface area contributed by atoms with Gasteiger partial charge in [0.1, 0.15) is 0 Å². The maximum absolute atomic E-state index is 5.73. The fourth-order valence-corrected chi connectivity index (χ4v) is 1.22. The highest BCUT2D eigenvalue weighted by atomic mass is 16.7. The van der Waals surface area contributed by atoms with Crippen molar-refractivity contribution in [3.8, 4) is 0 Å². The first-order valence-corrected chi connectivity index (χ1v) is 4.97. The molecule has 0 aromatic rings. The van der Waals surface area contributed by atoms with Crippen molar-refractivity contribution in [2.24, 2.45) is 5.92 Å². The lowest BCUT2D eigenvalue weighted by Gasteiger charge is -2.27. The highest BCUT2D eigenvalue weighted by Gasteiger charge is 2.18. The smallest absolute Gasteiger partial charge is 0.157 e. The summed E-state index contributed by atoms with van der Waals surface area (Å²) in [6.45, 7) is 7.33. The molecular formula is C10H20O2. The van der Waals surface area contributed by atoms with Crippen molar-refractivity contribution in [3.63, 3.8) is 0 Å². The molecule has 12 heavy (non-hydrogen) atoms. The van der Waals surface area contributed by atoms with Crippen LogP contribution in [0, 0.1) is 5.92 Å². The highest BCUT2D eigenvalue weighted by Crippen LogP contribution is 2.17. The van der Waals surface area contributed by atoms with E-state index in [-0.39, 0.29) is 6.29 Å². The average Bonchev–Trinajstić information content (AvgIpc) is 2.06. The van der Waals surface area contributed by atoms with Crippen molar-refractivity contribution in [1.29, 1.82) is 0 Å². The van der Waals surface area contributed by atoms with Gasteiger partial charge in [-0.15, -0.1) is 0 Å². The molecule has 1 unspecified atom stereocenters. The zero-order valence-corrected chi connectivity index (χ0v) is 8.38. The van der Waals surface area contributed by atoms with Crippen molar-refractivity contribution in [3.05, 3.63) is 0 Å². The van der Waals surface area contributed by atoms with Crippen LogP contribution in [-0.2, 0) is 9.47 Å². The van der Waals surface area contributed by atoms with Crippen molar-refractivity contribution < 1.29 is 9.47 Å². The fraction of sp³-hybridized carbons (Fsp3) is 1.00. The van der Waals surface area contributed by atoms with Crippen LogP contribution >= 0.6 is 0 Å². The maximum Gasteiger partial charge on any atom is 0.157 e. The molecule has 2 nitrogen and oxygen atoms in total. The van der Waals surface area contributed by atoms with Gasteiger partial charge in [-0.1, -0.05) is 13.8 Å². The molecule has 1 heterocycles. The van der Waals surface area contributed by atoms with E-state index in [4.69, 9.17) is 9.47 Å². The van der Waals surface area contributed by atoms with Gasteiger partial charge in [-0.05, 0) is 32.1 Å². The molecule has 0 N–H and O–H groups in total. The van der Waals surface area contributed by atoms with Crippen LogP contribution in [0.4, 0.5) is 0 Å². The maximum atomic E-state index is 5.73. The molecule has 0 saturated carbocycles. The molecule has 0 aromatic heterocycles. The lowest BCUT2D eigenvalue weighted by atomic mass is 10.1. The van der Waals surface area contributed by atoms with Crippen LogP contribution in [0.5, 0.6) is 0 Å². The molecule has 1 fully saturated rings. The third-order valence-electron chi connectivity index (χ3n) is 2.44. The number of ether oxygens (including phenoxy) is 2. The van der Waals surface area contributed by atoms with E-state index in [0.29, 0.717) is 12.0 Å². The van der Waals surface area contributed by atoms with Gasteiger partial charge in [0.15, 0.2) is 6.29 Å². The van der Waals surface area contributed by atoms with Gasteiger partial charge >= 0.3 is 0 Å². The molecule has 0 spiro atoms. The van der Waals surface area contributed by atoms with Crippen molar-refractivity contribution >= 4 is 0 Å². The Morgan fingerprint density at radius 2 is 2.00 bits per heavy atom. The van der Waals surface area contributed by atoms with E-state index in [1.165, 1.54) is 12.8 Å². The molecule has 1 aliphatic rings. The van der Waals surface area contributed by atoms with Crippen molar-refractivity contribution in [2.45, 2.75) is 52.4 Å². The molecule has 1 aliphatic heterocycles. The Kier molecular flexibility index (Phi) is 4.02. The van der Waals surface area contributed by atoms with Crippen LogP contribution in [0.1, 0.15) is 40.0 Å². The zero-order valence-electron chi connectivity index (χ0n) is 8.38. The van der Waals surface area contributed by atoms with Crippen molar-refractivity contribution in [1.82, 2.24) is 0 Å². The highest BCUT2D eigenvalue weighted by molar-refractivity contribution is 4.59. The Balaban J connectivity index is 2.20. The summed E-state index contributed by atoms with van der Waals surface area (Å²) in [6, 6.07) is 0. The standard InChI is InChI=1S/C10H20O2/c1-8(2)9(3)12-10-6-4-5-7-11-10/h8-10H,4-7H2,1-3H3/t9?,10-/m0/s1. The van der Waals surface area contributed by atoms with E-state index in [1.807, 2.05) is 0 Å². The first kappa shape index (κ1) is 10.0. The minimum atomic E-state index is 0.0659. The lowest BCUT2D eigenvalue weighted by Crippen LogP contribution is -2.28. The SMILES string of the molecule is CC(C)C(C)O[C@H]1CCCCO1. The van der Waals surface area contributed by atoms with Gasteiger partial charge < -0.3 is 9.47 Å². The number of hydrogen-bond donors (Lipinski definition) is 0. The molecular weight excluding hydrogens is 152 g/mol. The predicted octanol–water partition coefficient (Wildman–Crippen LogP) is 2.57. The normalized spacial score (nSPS) is 27.5. The minimum Gasteiger partial charge on any atom is -0.353 e. The van der Waals surface area contributed by atoms with E-state index in [2.05, 4.69) is 20.8 Å². The van der Waals surface area contributed by atoms with E-state index in [1.54, 1.807) is 0 Å². The summed E-state index contributed by atoms with van der Waals surface area (Å²) in [5.41, 5.74) is 0. The molecule has 0 aliphatic carbocycles. The van der Waals surface area contributed by atoms with Gasteiger partial charge in [0.05, 0.1) is 6.10 Å². The Labute approximate surface area is 75.2 Å². The van der Waals surface area contributed by atoms with E-state index in [0.717, 1.165) is 13.0 Å². The predicted molar refractivity (Wildman–Crippen MR) is 49.0 cm³/mol. The van der Waals surface area contributed by atoms with Gasteiger partial charge in [-0.3, -0.25) is 0 Å². The summed E-state index contributed by atoms with van der Waals surface area (Å²) < 4.78 is 11.2. The van der Waals surface area contributed by atoms with E-state index < -0.39 is 0 Å². The number of rotatable bonds is 3. The van der Waals surface area contributed by atoms with Crippen LogP contribution in [-0.4, -0.2) is 19.0 Å². The molecule has 0 amide bonds. The molecule has 1 rings (SSSR count). The second-order valence-corrected chi connectivity index (χ2v) is 3.88. The molecule has 72 valence electrons. The molecule has 2 atom stereocenters. The summed E-state index contributed by atoms with van der Waals surface area (Å²) >= 11 is 0. The second-order valence-electron chi connectivity index (χ2n) is 3.88. The summed E-state index contributed by atoms with van der Waals surface area (Å²) in [6.07, 6.45) is 3.88. The Morgan fingerprint density at radius 3 is 2.50 bits per heavy atom. The van der Waals surface area contributed by atoms with E-state index >= 15 is 0 Å². The number of hydrogen-bond acceptors (Lipinski definition) is 2. The summed E-state index contributed by atoms with van der Waals surface area (Å²) in [5, 5.41) is 0. The van der Waals surface area contributed by atoms with Gasteiger partial charge in [0.25, 0.3) is 0 Å². The quantitative estimate of drug-likeness (QED) is 0.651. The third kappa shape index (κ3) is 3.11. The first-order chi connectivity index (χ1) is 5.70. The van der Waals surface area contributed by atoms with Gasteiger partial charge in [0.2, 0.25) is 0 Å². The van der Waals surface area contributed by atoms with Crippen LogP contribution in [0.2, 0.25) is 0 Å². The van der Waals surface area contributed by atoms with Gasteiger partial charge in [0, 0.05) is 6.61 Å². The van der Waals surface area contributed by atoms with Crippen LogP contribution in [0.15, 0.2) is 0 Å². The summed E-state index contributed by atoms with van der Waals surface area (Å²) in [5.74, 6) is 0.579. The Hall–Kier alpha value is -0.0800. The third-order valence-corrected chi connectivity index (χ3v) is 2.44. The molecule has 0 aromatic carbocycles. The summed E-state index contributed by atoms with van der Waals surface area (Å²) in [7, 11) is 0. The fourth-order valence-electron chi connectivity index (χ4n) is 1.22. The van der Waals surface area contributed by atoms with Crippen molar-refractivity contribution in [2.75, 3.05) is 6.61 Å². The lowest BCUT2D eigenvalue weighted by molar-refractivity contribution is -0.192. The monoisotopic (exact) mass is 172 g/mol. The average molecular weight is 172 g/mol. The van der Waals surface area contributed by atoms with Gasteiger partial charge in [-0.2, -0.15) is 0 Å². The molecule has 0 bridgehead atoms. The van der Waals surface area contributed by atoms with Gasteiger partial charge in [-0.25, -0.2) is 0 Å². The molecule has 1 saturated heterocycles. The summed E-state index contributed by atoms with van der Waals surface area (Å²) in [4.78, 5) is 0. The van der Waals surface area contributed by atoms with Crippen LogP contribution in [0.25, 0.3) is 0 Å².